The molecule has 0 radical (unpaired) electrons. The molecule has 0 heterocycles. The van der Waals surface area contributed by atoms with Gasteiger partial charge in [0, 0.05) is 22.1 Å². The van der Waals surface area contributed by atoms with Gasteiger partial charge in [0.05, 0.1) is 7.11 Å². The van der Waals surface area contributed by atoms with E-state index in [9.17, 15) is 22.8 Å². The second-order valence-electron chi connectivity index (χ2n) is 5.13. The van der Waals surface area contributed by atoms with Crippen molar-refractivity contribution in [2.75, 3.05) is 7.11 Å². The van der Waals surface area contributed by atoms with E-state index in [2.05, 4.69) is 32.6 Å². The normalized spacial score (nSPS) is 11.7. The topological polar surface area (TPSA) is 55.4 Å². The molecule has 0 spiro atoms. The van der Waals surface area contributed by atoms with Crippen molar-refractivity contribution in [2.45, 2.75) is 12.5 Å². The Kier molecular flexibility index (Phi) is 6.40. The average molecular weight is 463 g/mol. The second-order valence-corrected chi connectivity index (χ2v) is 6.37. The van der Waals surface area contributed by atoms with E-state index in [1.165, 1.54) is 0 Å². The number of nitrogens with one attached hydrogen (secondary N) is 1. The van der Waals surface area contributed by atoms with Gasteiger partial charge in [0.1, 0.15) is 29.1 Å². The first kappa shape index (κ1) is 19.2. The highest BCUT2D eigenvalue weighted by molar-refractivity contribution is 14.1. The van der Waals surface area contributed by atoms with Crippen LogP contribution >= 0.6 is 22.6 Å². The molecule has 4 nitrogen and oxygen atoms in total. The summed E-state index contributed by atoms with van der Waals surface area (Å²) in [6.45, 7) is 0. The fourth-order valence-corrected chi connectivity index (χ4v) is 2.83. The summed E-state index contributed by atoms with van der Waals surface area (Å²) in [5, 5.41) is 2.23. The van der Waals surface area contributed by atoms with Crippen LogP contribution in [-0.2, 0) is 16.0 Å². The molecule has 0 aliphatic rings. The molecule has 0 aliphatic heterocycles. The van der Waals surface area contributed by atoms with Crippen LogP contribution in [0, 0.1) is 21.0 Å². The van der Waals surface area contributed by atoms with Gasteiger partial charge in [-0.1, -0.05) is 12.1 Å². The third kappa shape index (κ3) is 4.94. The second kappa shape index (κ2) is 8.32. The number of esters is 1. The number of amides is 1. The Labute approximate surface area is 155 Å². The van der Waals surface area contributed by atoms with Gasteiger partial charge in [-0.3, -0.25) is 4.79 Å². The van der Waals surface area contributed by atoms with Crippen LogP contribution in [0.25, 0.3) is 0 Å². The van der Waals surface area contributed by atoms with Crippen LogP contribution in [0.2, 0.25) is 0 Å². The number of methoxy groups -OCH3 is 1. The molecular weight excluding hydrogens is 450 g/mol. The molecule has 0 saturated heterocycles. The van der Waals surface area contributed by atoms with E-state index in [4.69, 9.17) is 0 Å². The van der Waals surface area contributed by atoms with Crippen molar-refractivity contribution >= 4 is 34.5 Å². The fourth-order valence-electron chi connectivity index (χ4n) is 2.22. The maximum absolute atomic E-state index is 13.7. The van der Waals surface area contributed by atoms with Crippen LogP contribution < -0.4 is 5.32 Å². The quantitative estimate of drug-likeness (QED) is 0.548. The molecule has 0 aliphatic carbocycles. The Morgan fingerprint density at radius 2 is 1.80 bits per heavy atom. The molecule has 1 N–H and O–H groups in total. The van der Waals surface area contributed by atoms with Crippen molar-refractivity contribution in [1.82, 2.24) is 5.32 Å². The molecule has 25 heavy (non-hydrogen) atoms. The number of halogens is 4. The minimum Gasteiger partial charge on any atom is -0.467 e. The highest BCUT2D eigenvalue weighted by Crippen LogP contribution is 2.16. The Morgan fingerprint density at radius 1 is 1.16 bits per heavy atom. The van der Waals surface area contributed by atoms with Gasteiger partial charge in [-0.15, -0.1) is 0 Å². The zero-order valence-electron chi connectivity index (χ0n) is 13.0. The van der Waals surface area contributed by atoms with Crippen LogP contribution in [0.15, 0.2) is 36.4 Å². The summed E-state index contributed by atoms with van der Waals surface area (Å²) in [6, 6.07) is 6.78. The highest BCUT2D eigenvalue weighted by Gasteiger charge is 2.26. The first-order chi connectivity index (χ1) is 11.8. The molecule has 0 unspecified atom stereocenters. The van der Waals surface area contributed by atoms with Gasteiger partial charge < -0.3 is 10.1 Å². The molecule has 8 heteroatoms. The summed E-state index contributed by atoms with van der Waals surface area (Å²) in [5.41, 5.74) is -0.236. The summed E-state index contributed by atoms with van der Waals surface area (Å²) in [4.78, 5) is 24.1. The van der Waals surface area contributed by atoms with Crippen molar-refractivity contribution in [3.8, 4) is 0 Å². The average Bonchev–Trinajstić information content (AvgIpc) is 2.52. The van der Waals surface area contributed by atoms with Gasteiger partial charge in [0.25, 0.3) is 5.91 Å². The Balaban J connectivity index is 2.25. The SMILES string of the molecule is COC(=O)[C@@H](Cc1cccc(I)c1)NC(=O)c1c(F)cc(F)cc1F. The molecule has 0 bridgehead atoms. The third-order valence-electron chi connectivity index (χ3n) is 3.35. The van der Waals surface area contributed by atoms with Crippen LogP contribution in [0.4, 0.5) is 13.2 Å². The van der Waals surface area contributed by atoms with Crippen molar-refractivity contribution in [3.63, 3.8) is 0 Å². The van der Waals surface area contributed by atoms with Gasteiger partial charge >= 0.3 is 5.97 Å². The monoisotopic (exact) mass is 463 g/mol. The lowest BCUT2D eigenvalue weighted by molar-refractivity contribution is -0.142. The predicted octanol–water partition coefficient (Wildman–Crippen LogP) is 3.22. The summed E-state index contributed by atoms with van der Waals surface area (Å²) in [7, 11) is 1.13. The number of carbonyl (C=O) groups excluding carboxylic acids is 2. The summed E-state index contributed by atoms with van der Waals surface area (Å²) < 4.78 is 45.9. The largest absolute Gasteiger partial charge is 0.467 e. The van der Waals surface area contributed by atoms with E-state index in [0.717, 1.165) is 16.2 Å². The lowest BCUT2D eigenvalue weighted by Crippen LogP contribution is -2.43. The van der Waals surface area contributed by atoms with Crippen molar-refractivity contribution in [2.24, 2.45) is 0 Å². The van der Waals surface area contributed by atoms with Crippen LogP contribution in [0.1, 0.15) is 15.9 Å². The van der Waals surface area contributed by atoms with E-state index >= 15 is 0 Å². The summed E-state index contributed by atoms with van der Waals surface area (Å²) in [5.74, 6) is -5.79. The molecule has 2 aromatic rings. The molecule has 132 valence electrons. The zero-order chi connectivity index (χ0) is 18.6. The molecule has 1 atom stereocenters. The number of ether oxygens (including phenoxy) is 1. The number of benzene rings is 2. The number of carbonyl (C=O) groups is 2. The molecule has 0 saturated carbocycles. The maximum atomic E-state index is 13.7. The Bertz CT molecular complexity index is 790. The molecule has 2 aromatic carbocycles. The zero-order valence-corrected chi connectivity index (χ0v) is 15.1. The van der Waals surface area contributed by atoms with E-state index < -0.39 is 40.9 Å². The number of rotatable bonds is 5. The van der Waals surface area contributed by atoms with E-state index in [1.54, 1.807) is 18.2 Å². The standard InChI is InChI=1S/C17H13F3INO3/c1-25-17(24)14(6-9-3-2-4-11(21)5-9)22-16(23)15-12(19)7-10(18)8-13(15)20/h2-5,7-8,14H,6H2,1H3,(H,22,23)/t14-/m1/s1. The van der Waals surface area contributed by atoms with Crippen molar-refractivity contribution in [1.29, 1.82) is 0 Å². The van der Waals surface area contributed by atoms with Crippen LogP contribution in [-0.4, -0.2) is 25.0 Å². The van der Waals surface area contributed by atoms with Gasteiger partial charge in [-0.2, -0.15) is 0 Å². The van der Waals surface area contributed by atoms with Gasteiger partial charge in [-0.05, 0) is 40.3 Å². The Hall–Kier alpha value is -2.10. The minimum atomic E-state index is -1.35. The minimum absolute atomic E-state index is 0.0691. The first-order valence-electron chi connectivity index (χ1n) is 7.09. The van der Waals surface area contributed by atoms with E-state index in [0.29, 0.717) is 12.1 Å². The Morgan fingerprint density at radius 3 is 2.36 bits per heavy atom. The van der Waals surface area contributed by atoms with Crippen LogP contribution in [0.5, 0.6) is 0 Å². The summed E-state index contributed by atoms with van der Waals surface area (Å²) in [6.07, 6.45) is 0.0691. The van der Waals surface area contributed by atoms with Gasteiger partial charge in [-0.25, -0.2) is 18.0 Å². The molecule has 2 rings (SSSR count). The van der Waals surface area contributed by atoms with E-state index in [-0.39, 0.29) is 6.42 Å². The van der Waals surface area contributed by atoms with E-state index in [1.807, 2.05) is 6.07 Å². The summed E-state index contributed by atoms with van der Waals surface area (Å²) >= 11 is 2.09. The number of hydrogen-bond acceptors (Lipinski definition) is 3. The van der Waals surface area contributed by atoms with Crippen molar-refractivity contribution in [3.05, 3.63) is 68.5 Å². The van der Waals surface area contributed by atoms with Gasteiger partial charge in [0.2, 0.25) is 0 Å². The molecule has 1 amide bonds. The maximum Gasteiger partial charge on any atom is 0.328 e. The van der Waals surface area contributed by atoms with Gasteiger partial charge in [0.15, 0.2) is 0 Å². The lowest BCUT2D eigenvalue weighted by atomic mass is 10.1. The predicted molar refractivity (Wildman–Crippen MR) is 92.4 cm³/mol. The highest BCUT2D eigenvalue weighted by atomic mass is 127. The fraction of sp³-hybridized carbons (Fsp3) is 0.176. The van der Waals surface area contributed by atoms with Crippen LogP contribution in [0.3, 0.4) is 0 Å². The number of hydrogen-bond donors (Lipinski definition) is 1. The molecule has 0 fully saturated rings. The first-order valence-corrected chi connectivity index (χ1v) is 8.17. The lowest BCUT2D eigenvalue weighted by Gasteiger charge is -2.17. The van der Waals surface area contributed by atoms with Crippen molar-refractivity contribution < 1.29 is 27.5 Å². The molecule has 0 aromatic heterocycles. The third-order valence-corrected chi connectivity index (χ3v) is 4.02. The molecular formula is C17H13F3INO3. The smallest absolute Gasteiger partial charge is 0.328 e.